The number of hydrogen-bond acceptors (Lipinski definition) is 1. The van der Waals surface area contributed by atoms with Gasteiger partial charge in [0.25, 0.3) is 0 Å². The van der Waals surface area contributed by atoms with Gasteiger partial charge >= 0.3 is 0 Å². The molecule has 0 bridgehead atoms. The van der Waals surface area contributed by atoms with E-state index in [0.29, 0.717) is 11.8 Å². The van der Waals surface area contributed by atoms with Crippen LogP contribution in [0.15, 0.2) is 29.8 Å². The third-order valence-electron chi connectivity index (χ3n) is 4.06. The molecule has 0 aromatic heterocycles. The number of carbonyl (C=O) groups excluding carboxylic acids is 1. The summed E-state index contributed by atoms with van der Waals surface area (Å²) < 4.78 is 12.9. The Balaban J connectivity index is 2.29. The Kier molecular flexibility index (Phi) is 4.18. The molecule has 2 rings (SSSR count). The molecule has 0 spiro atoms. The first-order valence-electron chi connectivity index (χ1n) is 7.00. The molecule has 0 amide bonds. The van der Waals surface area contributed by atoms with Crippen LogP contribution in [0.5, 0.6) is 0 Å². The van der Waals surface area contributed by atoms with Crippen molar-refractivity contribution in [3.05, 3.63) is 41.2 Å². The second-order valence-corrected chi connectivity index (χ2v) is 5.84. The fourth-order valence-electron chi connectivity index (χ4n) is 2.76. The Morgan fingerprint density at radius 2 is 1.84 bits per heavy atom. The van der Waals surface area contributed by atoms with E-state index >= 15 is 0 Å². The molecule has 1 aliphatic carbocycles. The highest BCUT2D eigenvalue weighted by molar-refractivity contribution is 6.02. The van der Waals surface area contributed by atoms with E-state index in [1.165, 1.54) is 12.1 Å². The van der Waals surface area contributed by atoms with E-state index in [0.717, 1.165) is 24.0 Å². The predicted molar refractivity (Wildman–Crippen MR) is 76.1 cm³/mol. The molecule has 1 saturated carbocycles. The molecule has 1 aromatic rings. The Hall–Kier alpha value is -1.44. The van der Waals surface area contributed by atoms with E-state index in [-0.39, 0.29) is 17.5 Å². The molecule has 2 unspecified atom stereocenters. The average Bonchev–Trinajstić information content (AvgIpc) is 2.36. The van der Waals surface area contributed by atoms with Crippen LogP contribution >= 0.6 is 0 Å². The van der Waals surface area contributed by atoms with Crippen LogP contribution in [-0.4, -0.2) is 5.78 Å². The number of allylic oxidation sites excluding steroid dienone is 1. The van der Waals surface area contributed by atoms with Crippen molar-refractivity contribution in [3.63, 3.8) is 0 Å². The largest absolute Gasteiger partial charge is 0.294 e. The van der Waals surface area contributed by atoms with Gasteiger partial charge in [0.2, 0.25) is 0 Å². The number of hydrogen-bond donors (Lipinski definition) is 0. The lowest BCUT2D eigenvalue weighted by molar-refractivity contribution is -0.122. The van der Waals surface area contributed by atoms with Crippen molar-refractivity contribution in [1.82, 2.24) is 0 Å². The second kappa shape index (κ2) is 5.68. The summed E-state index contributed by atoms with van der Waals surface area (Å²) in [5.41, 5.74) is 1.80. The summed E-state index contributed by atoms with van der Waals surface area (Å²) in [6.45, 7) is 6.31. The number of ketones is 1. The van der Waals surface area contributed by atoms with Crippen LogP contribution < -0.4 is 0 Å². The molecule has 0 aliphatic heterocycles. The summed E-state index contributed by atoms with van der Waals surface area (Å²) in [6, 6.07) is 6.32. The lowest BCUT2D eigenvalue weighted by atomic mass is 9.73. The van der Waals surface area contributed by atoms with Crippen molar-refractivity contribution in [3.8, 4) is 0 Å². The molecule has 0 heterocycles. The van der Waals surface area contributed by atoms with Crippen LogP contribution in [0.1, 0.15) is 39.2 Å². The van der Waals surface area contributed by atoms with Crippen molar-refractivity contribution >= 4 is 11.9 Å². The van der Waals surface area contributed by atoms with E-state index in [2.05, 4.69) is 20.8 Å². The van der Waals surface area contributed by atoms with Gasteiger partial charge in [-0.05, 0) is 54.0 Å². The topological polar surface area (TPSA) is 17.1 Å². The normalized spacial score (nSPS) is 26.2. The maximum atomic E-state index is 12.9. The quantitative estimate of drug-likeness (QED) is 0.716. The van der Waals surface area contributed by atoms with Crippen LogP contribution in [0, 0.1) is 23.6 Å². The van der Waals surface area contributed by atoms with E-state index < -0.39 is 0 Å². The molecule has 1 aliphatic rings. The molecule has 0 N–H and O–H groups in total. The number of benzene rings is 1. The minimum atomic E-state index is -0.245. The summed E-state index contributed by atoms with van der Waals surface area (Å²) in [5.74, 6) is 0.857. The van der Waals surface area contributed by atoms with E-state index in [4.69, 9.17) is 0 Å². The lowest BCUT2D eigenvalue weighted by Crippen LogP contribution is -2.30. The molecule has 19 heavy (non-hydrogen) atoms. The van der Waals surface area contributed by atoms with E-state index in [1.54, 1.807) is 12.1 Å². The van der Waals surface area contributed by atoms with Crippen molar-refractivity contribution in [2.24, 2.45) is 17.8 Å². The van der Waals surface area contributed by atoms with Crippen LogP contribution in [-0.2, 0) is 4.79 Å². The van der Waals surface area contributed by atoms with Crippen molar-refractivity contribution in [2.75, 3.05) is 0 Å². The third kappa shape index (κ3) is 3.12. The maximum Gasteiger partial charge on any atom is 0.162 e. The Morgan fingerprint density at radius 3 is 2.42 bits per heavy atom. The minimum Gasteiger partial charge on any atom is -0.294 e. The molecule has 2 heteroatoms. The van der Waals surface area contributed by atoms with Gasteiger partial charge in [-0.2, -0.15) is 0 Å². The lowest BCUT2D eigenvalue weighted by Gasteiger charge is -2.30. The van der Waals surface area contributed by atoms with Crippen LogP contribution in [0.2, 0.25) is 0 Å². The summed E-state index contributed by atoms with van der Waals surface area (Å²) >= 11 is 0. The van der Waals surface area contributed by atoms with Gasteiger partial charge in [-0.25, -0.2) is 4.39 Å². The number of Topliss-reactive ketones (excluding diaryl/α,β-unsaturated/α-hetero) is 1. The molecule has 2 atom stereocenters. The molecule has 1 aromatic carbocycles. The predicted octanol–water partition coefficient (Wildman–Crippen LogP) is 4.48. The van der Waals surface area contributed by atoms with Crippen LogP contribution in [0.25, 0.3) is 6.08 Å². The highest BCUT2D eigenvalue weighted by Gasteiger charge is 2.32. The number of halogens is 1. The van der Waals surface area contributed by atoms with Gasteiger partial charge in [0.1, 0.15) is 5.82 Å². The molecule has 0 radical (unpaired) electrons. The number of rotatable bonds is 2. The van der Waals surface area contributed by atoms with Gasteiger partial charge in [-0.3, -0.25) is 4.79 Å². The van der Waals surface area contributed by atoms with Gasteiger partial charge in [0.05, 0.1) is 0 Å². The second-order valence-electron chi connectivity index (χ2n) is 5.84. The van der Waals surface area contributed by atoms with Gasteiger partial charge in [-0.15, -0.1) is 0 Å². The Morgan fingerprint density at radius 1 is 1.21 bits per heavy atom. The van der Waals surface area contributed by atoms with Crippen LogP contribution in [0.4, 0.5) is 4.39 Å². The molecular weight excluding hydrogens is 239 g/mol. The molecular formula is C17H21FO. The highest BCUT2D eigenvalue weighted by atomic mass is 19.1. The Labute approximate surface area is 114 Å². The summed E-state index contributed by atoms with van der Waals surface area (Å²) in [7, 11) is 0. The zero-order valence-electron chi connectivity index (χ0n) is 11.8. The van der Waals surface area contributed by atoms with Gasteiger partial charge in [-0.1, -0.05) is 32.9 Å². The molecule has 0 saturated heterocycles. The first kappa shape index (κ1) is 14.0. The van der Waals surface area contributed by atoms with Gasteiger partial charge in [0, 0.05) is 5.92 Å². The molecule has 102 valence electrons. The van der Waals surface area contributed by atoms with E-state index in [1.807, 2.05) is 6.08 Å². The Bertz CT molecular complexity index is 484. The summed E-state index contributed by atoms with van der Waals surface area (Å²) in [5, 5.41) is 0. The molecule has 1 nitrogen and oxygen atoms in total. The molecule has 1 fully saturated rings. The minimum absolute atomic E-state index is 0.142. The number of carbonyl (C=O) groups is 1. The zero-order chi connectivity index (χ0) is 14.0. The third-order valence-corrected chi connectivity index (χ3v) is 4.06. The van der Waals surface area contributed by atoms with Crippen LogP contribution in [0.3, 0.4) is 0 Å². The fraction of sp³-hybridized carbons (Fsp3) is 0.471. The monoisotopic (exact) mass is 260 g/mol. The smallest absolute Gasteiger partial charge is 0.162 e. The van der Waals surface area contributed by atoms with Crippen molar-refractivity contribution < 1.29 is 9.18 Å². The average molecular weight is 260 g/mol. The first-order chi connectivity index (χ1) is 8.99. The maximum absolute atomic E-state index is 12.9. The van der Waals surface area contributed by atoms with Gasteiger partial charge < -0.3 is 0 Å². The zero-order valence-corrected chi connectivity index (χ0v) is 11.8. The SMILES string of the molecule is CC1CCC(C(C)C)C(=O)/C1=C/c1ccc(F)cc1. The standard InChI is InChI=1S/C17H21FO/c1-11(2)15-9-4-12(3)16(17(15)19)10-13-5-7-14(18)8-6-13/h5-8,10-12,15H,4,9H2,1-3H3/b16-10+. The van der Waals surface area contributed by atoms with Crippen molar-refractivity contribution in [1.29, 1.82) is 0 Å². The summed E-state index contributed by atoms with van der Waals surface area (Å²) in [4.78, 5) is 12.5. The van der Waals surface area contributed by atoms with Crippen molar-refractivity contribution in [2.45, 2.75) is 33.6 Å². The first-order valence-corrected chi connectivity index (χ1v) is 7.00. The van der Waals surface area contributed by atoms with E-state index in [9.17, 15) is 9.18 Å². The highest BCUT2D eigenvalue weighted by Crippen LogP contribution is 2.35. The van der Waals surface area contributed by atoms with Gasteiger partial charge in [0.15, 0.2) is 5.78 Å². The fourth-order valence-corrected chi connectivity index (χ4v) is 2.76. The summed E-state index contributed by atoms with van der Waals surface area (Å²) in [6.07, 6.45) is 3.97.